The summed E-state index contributed by atoms with van der Waals surface area (Å²) in [4.78, 5) is 2.64. The van der Waals surface area contributed by atoms with Crippen molar-refractivity contribution in [3.8, 4) is 0 Å². The van der Waals surface area contributed by atoms with Crippen LogP contribution in [-0.4, -0.2) is 39.7 Å². The highest BCUT2D eigenvalue weighted by atomic mass is 32.2. The number of anilines is 1. The number of nitrogens with zero attached hydrogens (tertiary/aromatic N) is 1. The Balaban J connectivity index is 2.19. The summed E-state index contributed by atoms with van der Waals surface area (Å²) >= 11 is 0. The summed E-state index contributed by atoms with van der Waals surface area (Å²) in [7, 11) is -3.62. The van der Waals surface area contributed by atoms with E-state index in [-0.39, 0.29) is 4.90 Å². The van der Waals surface area contributed by atoms with Crippen LogP contribution in [-0.2, 0) is 14.8 Å². The second kappa shape index (κ2) is 5.63. The number of rotatable bonds is 4. The number of nitrogens with one attached hydrogen (secondary N) is 2. The molecule has 1 aliphatic rings. The largest absolute Gasteiger partial charge is 0.379 e. The van der Waals surface area contributed by atoms with E-state index in [9.17, 15) is 8.42 Å². The average Bonchev–Trinajstić information content (AvgIpc) is 2.39. The first-order valence-electron chi connectivity index (χ1n) is 5.54. The molecule has 0 atom stereocenters. The van der Waals surface area contributed by atoms with Crippen LogP contribution in [0.5, 0.6) is 0 Å². The molecule has 0 spiro atoms. The molecule has 0 bridgehead atoms. The van der Waals surface area contributed by atoms with Gasteiger partial charge in [-0.1, -0.05) is 12.1 Å². The zero-order valence-corrected chi connectivity index (χ0v) is 10.6. The number of sulfonamides is 1. The Labute approximate surface area is 106 Å². The number of hydrazine groups is 2. The van der Waals surface area contributed by atoms with Gasteiger partial charge in [0.2, 0.25) is 0 Å². The van der Waals surface area contributed by atoms with Crippen LogP contribution in [0.15, 0.2) is 29.2 Å². The molecule has 4 N–H and O–H groups in total. The van der Waals surface area contributed by atoms with Crippen LogP contribution in [0.1, 0.15) is 0 Å². The van der Waals surface area contributed by atoms with E-state index in [1.54, 1.807) is 23.2 Å². The van der Waals surface area contributed by atoms with Crippen LogP contribution in [0, 0.1) is 0 Å². The van der Waals surface area contributed by atoms with E-state index in [1.807, 2.05) is 0 Å². The van der Waals surface area contributed by atoms with Crippen LogP contribution >= 0.6 is 0 Å². The minimum Gasteiger partial charge on any atom is -0.379 e. The molecule has 0 radical (unpaired) electrons. The first-order chi connectivity index (χ1) is 8.63. The molecule has 2 rings (SSSR count). The van der Waals surface area contributed by atoms with Crippen LogP contribution in [0.4, 0.5) is 5.69 Å². The standard InChI is InChI=1S/C10H16N4O3S/c11-12-9-3-1-2-4-10(9)18(15,16)13-14-5-7-17-8-6-14/h1-4,12-13H,5-8,11H2. The van der Waals surface area contributed by atoms with Gasteiger partial charge >= 0.3 is 0 Å². The van der Waals surface area contributed by atoms with Crippen molar-refractivity contribution in [2.24, 2.45) is 5.84 Å². The van der Waals surface area contributed by atoms with E-state index >= 15 is 0 Å². The Morgan fingerprint density at radius 3 is 2.56 bits per heavy atom. The SMILES string of the molecule is NNc1ccccc1S(=O)(=O)NN1CCOCC1. The first-order valence-corrected chi connectivity index (χ1v) is 7.02. The van der Waals surface area contributed by atoms with Crippen molar-refractivity contribution in [1.29, 1.82) is 0 Å². The predicted octanol–water partition coefficient (Wildman–Crippen LogP) is -0.502. The lowest BCUT2D eigenvalue weighted by Gasteiger charge is -2.27. The third-order valence-corrected chi connectivity index (χ3v) is 4.03. The number of hydrogen-bond donors (Lipinski definition) is 3. The summed E-state index contributed by atoms with van der Waals surface area (Å²) in [5, 5.41) is 1.62. The number of morpholine rings is 1. The Bertz CT molecular complexity index is 500. The van der Waals surface area contributed by atoms with E-state index in [4.69, 9.17) is 10.6 Å². The summed E-state index contributed by atoms with van der Waals surface area (Å²) in [6, 6.07) is 6.46. The summed E-state index contributed by atoms with van der Waals surface area (Å²) in [6.45, 7) is 2.08. The van der Waals surface area contributed by atoms with Crippen LogP contribution < -0.4 is 16.1 Å². The van der Waals surface area contributed by atoms with Gasteiger partial charge in [-0.05, 0) is 12.1 Å². The molecular weight excluding hydrogens is 256 g/mol. The number of para-hydroxylation sites is 1. The van der Waals surface area contributed by atoms with Gasteiger partial charge in [0.05, 0.1) is 18.9 Å². The normalized spacial score (nSPS) is 17.6. The second-order valence-corrected chi connectivity index (χ2v) is 5.46. The smallest absolute Gasteiger partial charge is 0.255 e. The molecule has 0 unspecified atom stereocenters. The molecule has 8 heteroatoms. The zero-order chi connectivity index (χ0) is 13.0. The van der Waals surface area contributed by atoms with Crippen molar-refractivity contribution in [1.82, 2.24) is 9.84 Å². The first kappa shape index (κ1) is 13.2. The van der Waals surface area contributed by atoms with Crippen molar-refractivity contribution in [3.63, 3.8) is 0 Å². The fourth-order valence-corrected chi connectivity index (χ4v) is 2.99. The molecule has 1 aromatic rings. The maximum Gasteiger partial charge on any atom is 0.255 e. The molecular formula is C10H16N4O3S. The van der Waals surface area contributed by atoms with Crippen molar-refractivity contribution < 1.29 is 13.2 Å². The topological polar surface area (TPSA) is 96.7 Å². The fourth-order valence-electron chi connectivity index (χ4n) is 1.69. The lowest BCUT2D eigenvalue weighted by Crippen LogP contribution is -2.48. The molecule has 1 heterocycles. The van der Waals surface area contributed by atoms with Gasteiger partial charge in [-0.2, -0.15) is 0 Å². The molecule has 1 aliphatic heterocycles. The van der Waals surface area contributed by atoms with Crippen LogP contribution in [0.3, 0.4) is 0 Å². The van der Waals surface area contributed by atoms with Crippen LogP contribution in [0.2, 0.25) is 0 Å². The quantitative estimate of drug-likeness (QED) is 0.505. The van der Waals surface area contributed by atoms with Crippen molar-refractivity contribution in [2.75, 3.05) is 31.7 Å². The minimum atomic E-state index is -3.62. The van der Waals surface area contributed by atoms with Gasteiger partial charge in [-0.3, -0.25) is 5.84 Å². The lowest BCUT2D eigenvalue weighted by molar-refractivity contribution is 0.0272. The third kappa shape index (κ3) is 2.98. The van der Waals surface area contributed by atoms with Gasteiger partial charge < -0.3 is 10.2 Å². The van der Waals surface area contributed by atoms with Gasteiger partial charge in [-0.15, -0.1) is 4.83 Å². The van der Waals surface area contributed by atoms with Gasteiger partial charge in [0.15, 0.2) is 0 Å². The zero-order valence-electron chi connectivity index (χ0n) is 9.80. The number of benzene rings is 1. The van der Waals surface area contributed by atoms with Crippen molar-refractivity contribution in [2.45, 2.75) is 4.90 Å². The van der Waals surface area contributed by atoms with Crippen LogP contribution in [0.25, 0.3) is 0 Å². The van der Waals surface area contributed by atoms with E-state index in [0.717, 1.165) is 0 Å². The monoisotopic (exact) mass is 272 g/mol. The molecule has 1 aromatic carbocycles. The highest BCUT2D eigenvalue weighted by Gasteiger charge is 2.22. The summed E-state index contributed by atoms with van der Waals surface area (Å²) in [5.41, 5.74) is 2.74. The molecule has 18 heavy (non-hydrogen) atoms. The second-order valence-electron chi connectivity index (χ2n) is 3.83. The van der Waals surface area contributed by atoms with Gasteiger partial charge in [0, 0.05) is 13.1 Å². The highest BCUT2D eigenvalue weighted by molar-refractivity contribution is 7.89. The molecule has 1 saturated heterocycles. The van der Waals surface area contributed by atoms with Crippen molar-refractivity contribution in [3.05, 3.63) is 24.3 Å². The number of nitrogens with two attached hydrogens (primary N) is 1. The Kier molecular flexibility index (Phi) is 4.15. The summed E-state index contributed by atoms with van der Waals surface area (Å²) < 4.78 is 29.5. The highest BCUT2D eigenvalue weighted by Crippen LogP contribution is 2.19. The van der Waals surface area contributed by atoms with E-state index in [0.29, 0.717) is 32.0 Å². The Morgan fingerprint density at radius 1 is 1.22 bits per heavy atom. The molecule has 7 nitrogen and oxygen atoms in total. The fraction of sp³-hybridized carbons (Fsp3) is 0.400. The summed E-state index contributed by atoms with van der Waals surface area (Å²) in [6.07, 6.45) is 0. The number of hydrogen-bond acceptors (Lipinski definition) is 6. The summed E-state index contributed by atoms with van der Waals surface area (Å²) in [5.74, 6) is 5.30. The number of ether oxygens (including phenoxy) is 1. The van der Waals surface area contributed by atoms with Gasteiger partial charge in [0.1, 0.15) is 4.90 Å². The van der Waals surface area contributed by atoms with E-state index < -0.39 is 10.0 Å². The predicted molar refractivity (Wildman–Crippen MR) is 67.0 cm³/mol. The maximum atomic E-state index is 12.2. The molecule has 100 valence electrons. The van der Waals surface area contributed by atoms with E-state index in [2.05, 4.69) is 10.3 Å². The number of nitrogen functional groups attached to an aromatic ring is 1. The molecule has 0 saturated carbocycles. The van der Waals surface area contributed by atoms with Crippen molar-refractivity contribution >= 4 is 15.7 Å². The minimum absolute atomic E-state index is 0.124. The molecule has 0 aromatic heterocycles. The molecule has 1 fully saturated rings. The lowest BCUT2D eigenvalue weighted by atomic mass is 10.3. The average molecular weight is 272 g/mol. The third-order valence-electron chi connectivity index (χ3n) is 2.59. The van der Waals surface area contributed by atoms with Gasteiger partial charge in [-0.25, -0.2) is 13.4 Å². The Hall–Kier alpha value is -1.19. The van der Waals surface area contributed by atoms with E-state index in [1.165, 1.54) is 6.07 Å². The maximum absolute atomic E-state index is 12.2. The van der Waals surface area contributed by atoms with Gasteiger partial charge in [0.25, 0.3) is 10.0 Å². The molecule has 0 amide bonds. The Morgan fingerprint density at radius 2 is 1.89 bits per heavy atom. The molecule has 0 aliphatic carbocycles.